The van der Waals surface area contributed by atoms with Crippen molar-refractivity contribution in [3.63, 3.8) is 0 Å². The van der Waals surface area contributed by atoms with E-state index in [9.17, 15) is 30.3 Å². The van der Waals surface area contributed by atoms with Crippen LogP contribution in [0.2, 0.25) is 0 Å². The Morgan fingerprint density at radius 2 is 1.70 bits per heavy atom. The van der Waals surface area contributed by atoms with Crippen molar-refractivity contribution in [2.45, 2.75) is 11.9 Å². The number of ketones is 1. The molecule has 0 aromatic heterocycles. The van der Waals surface area contributed by atoms with E-state index < -0.39 is 34.9 Å². The second kappa shape index (κ2) is 4.64. The smallest absolute Gasteiger partial charge is 0.253 e. The van der Waals surface area contributed by atoms with Crippen LogP contribution in [0.5, 0.6) is 11.5 Å². The molecule has 0 saturated heterocycles. The minimum Gasteiger partial charge on any atom is -0.507 e. The summed E-state index contributed by atoms with van der Waals surface area (Å²) in [4.78, 5) is 12.1. The van der Waals surface area contributed by atoms with Crippen LogP contribution < -0.4 is 0 Å². The highest BCUT2D eigenvalue weighted by molar-refractivity contribution is 6.10. The molecule has 0 amide bonds. The molecule has 1 aromatic carbocycles. The predicted molar refractivity (Wildman–Crippen MR) is 66.1 cm³/mol. The Hall–Kier alpha value is -2.35. The number of benzene rings is 1. The van der Waals surface area contributed by atoms with Gasteiger partial charge in [0.05, 0.1) is 0 Å². The summed E-state index contributed by atoms with van der Waals surface area (Å²) in [5.41, 5.74) is -0.450. The van der Waals surface area contributed by atoms with Gasteiger partial charge in [-0.25, -0.2) is 0 Å². The van der Waals surface area contributed by atoms with E-state index in [0.29, 0.717) is 0 Å². The molecule has 1 aromatic rings. The van der Waals surface area contributed by atoms with E-state index in [1.54, 1.807) is 0 Å². The molecular formula is C13H12O7. The van der Waals surface area contributed by atoms with Crippen molar-refractivity contribution in [2.24, 2.45) is 0 Å². The van der Waals surface area contributed by atoms with Gasteiger partial charge in [-0.1, -0.05) is 0 Å². The summed E-state index contributed by atoms with van der Waals surface area (Å²) in [5.74, 6) is -5.59. The Balaban J connectivity index is 2.41. The lowest BCUT2D eigenvalue weighted by molar-refractivity contribution is -0.204. The first-order valence-corrected chi connectivity index (χ1v) is 5.56. The number of Topliss-reactive ketones (excluding diaryl/α,β-unsaturated/α-hetero) is 1. The van der Waals surface area contributed by atoms with Crippen molar-refractivity contribution in [1.29, 1.82) is 0 Å². The third-order valence-electron chi connectivity index (χ3n) is 2.97. The number of phenolic OH excluding ortho intramolecular Hbond substituents is 2. The van der Waals surface area contributed by atoms with Gasteiger partial charge in [-0.15, -0.1) is 0 Å². The Kier molecular flexibility index (Phi) is 3.26. The van der Waals surface area contributed by atoms with Crippen molar-refractivity contribution in [2.75, 3.05) is 0 Å². The number of phenols is 2. The fraction of sp³-hybridized carbons (Fsp3) is 0.154. The van der Waals surface area contributed by atoms with Gasteiger partial charge in [-0.3, -0.25) is 4.79 Å². The number of carbonyl (C=O) groups excluding carboxylic acids is 1. The summed E-state index contributed by atoms with van der Waals surface area (Å²) in [7, 11) is 0. The Labute approximate surface area is 113 Å². The van der Waals surface area contributed by atoms with E-state index >= 15 is 0 Å². The molecule has 0 spiro atoms. The van der Waals surface area contributed by atoms with E-state index in [-0.39, 0.29) is 11.1 Å². The summed E-state index contributed by atoms with van der Waals surface area (Å²) >= 11 is 0. The van der Waals surface area contributed by atoms with Crippen molar-refractivity contribution in [3.8, 4) is 11.5 Å². The Morgan fingerprint density at radius 1 is 1.05 bits per heavy atom. The fourth-order valence-corrected chi connectivity index (χ4v) is 1.77. The average Bonchev–Trinajstić information content (AvgIpc) is 2.39. The van der Waals surface area contributed by atoms with Crippen molar-refractivity contribution in [1.82, 2.24) is 0 Å². The van der Waals surface area contributed by atoms with Crippen LogP contribution in [0.1, 0.15) is 10.4 Å². The average molecular weight is 280 g/mol. The summed E-state index contributed by atoms with van der Waals surface area (Å²) in [5, 5.41) is 56.4. The van der Waals surface area contributed by atoms with Crippen LogP contribution in [0.15, 0.2) is 41.7 Å². The summed E-state index contributed by atoms with van der Waals surface area (Å²) in [6, 6.07) is 3.25. The standard InChI is InChI=1S/C13H12O7/c14-8-3-1-6(5-9(8)15)11(17)7-2-4-10(16)13(19,20)12(7)18/h1-5,12,14-16,18-20H. The third kappa shape index (κ3) is 2.14. The molecule has 0 bridgehead atoms. The number of rotatable bonds is 2. The largest absolute Gasteiger partial charge is 0.507 e. The van der Waals surface area contributed by atoms with Gasteiger partial charge >= 0.3 is 0 Å². The maximum absolute atomic E-state index is 12.1. The molecule has 0 saturated carbocycles. The van der Waals surface area contributed by atoms with E-state index in [2.05, 4.69) is 0 Å². The molecule has 20 heavy (non-hydrogen) atoms. The van der Waals surface area contributed by atoms with Crippen LogP contribution in [0.4, 0.5) is 0 Å². The molecule has 1 aliphatic carbocycles. The van der Waals surface area contributed by atoms with Crippen LogP contribution in [0.3, 0.4) is 0 Å². The topological polar surface area (TPSA) is 138 Å². The lowest BCUT2D eigenvalue weighted by atomic mass is 9.89. The maximum atomic E-state index is 12.1. The quantitative estimate of drug-likeness (QED) is 0.248. The SMILES string of the molecule is O=C(C1=CC=C(O)C(O)(O)C1O)c1ccc(O)c(O)c1. The van der Waals surface area contributed by atoms with Crippen LogP contribution >= 0.6 is 0 Å². The molecule has 106 valence electrons. The van der Waals surface area contributed by atoms with Gasteiger partial charge in [0.15, 0.2) is 23.0 Å². The van der Waals surface area contributed by atoms with Gasteiger partial charge in [0.25, 0.3) is 5.79 Å². The molecule has 1 aliphatic rings. The molecule has 0 heterocycles. The van der Waals surface area contributed by atoms with Gasteiger partial charge in [-0.2, -0.15) is 0 Å². The van der Waals surface area contributed by atoms with E-state index in [1.807, 2.05) is 0 Å². The maximum Gasteiger partial charge on any atom is 0.253 e. The van der Waals surface area contributed by atoms with E-state index in [0.717, 1.165) is 24.3 Å². The molecular weight excluding hydrogens is 268 g/mol. The molecule has 2 rings (SSSR count). The Bertz CT molecular complexity index is 628. The first-order chi connectivity index (χ1) is 9.25. The van der Waals surface area contributed by atoms with E-state index in [1.165, 1.54) is 6.07 Å². The lowest BCUT2D eigenvalue weighted by Gasteiger charge is -2.30. The van der Waals surface area contributed by atoms with Crippen molar-refractivity contribution in [3.05, 3.63) is 47.2 Å². The number of aromatic hydroxyl groups is 2. The molecule has 1 unspecified atom stereocenters. The number of hydrogen-bond acceptors (Lipinski definition) is 7. The number of carbonyl (C=O) groups is 1. The van der Waals surface area contributed by atoms with Crippen molar-refractivity contribution < 1.29 is 35.4 Å². The Morgan fingerprint density at radius 3 is 2.30 bits per heavy atom. The van der Waals surface area contributed by atoms with Crippen LogP contribution in [0, 0.1) is 0 Å². The molecule has 7 nitrogen and oxygen atoms in total. The first-order valence-electron chi connectivity index (χ1n) is 5.56. The van der Waals surface area contributed by atoms with Gasteiger partial charge in [0.2, 0.25) is 0 Å². The van der Waals surface area contributed by atoms with Gasteiger partial charge < -0.3 is 30.6 Å². The summed E-state index contributed by atoms with van der Waals surface area (Å²) in [6.45, 7) is 0. The molecule has 0 aliphatic heterocycles. The minimum atomic E-state index is -2.96. The second-order valence-electron chi connectivity index (χ2n) is 4.34. The highest BCUT2D eigenvalue weighted by atomic mass is 16.5. The molecule has 7 heteroatoms. The zero-order valence-corrected chi connectivity index (χ0v) is 10.1. The van der Waals surface area contributed by atoms with Gasteiger partial charge in [0, 0.05) is 11.1 Å². The predicted octanol–water partition coefficient (Wildman–Crippen LogP) is -0.296. The normalized spacial score (nSPS) is 21.1. The van der Waals surface area contributed by atoms with Gasteiger partial charge in [-0.05, 0) is 30.4 Å². The van der Waals surface area contributed by atoms with E-state index in [4.69, 9.17) is 5.11 Å². The molecule has 1 atom stereocenters. The third-order valence-corrected chi connectivity index (χ3v) is 2.97. The molecule has 0 radical (unpaired) electrons. The first kappa shape index (κ1) is 14.1. The number of hydrogen-bond donors (Lipinski definition) is 6. The molecule has 6 N–H and O–H groups in total. The van der Waals surface area contributed by atoms with Crippen LogP contribution in [0.25, 0.3) is 0 Å². The lowest BCUT2D eigenvalue weighted by Crippen LogP contribution is -2.48. The number of aliphatic hydroxyl groups excluding tert-OH is 2. The van der Waals surface area contributed by atoms with Crippen molar-refractivity contribution >= 4 is 5.78 Å². The number of aliphatic hydroxyl groups is 4. The van der Waals surface area contributed by atoms with Crippen LogP contribution in [-0.2, 0) is 0 Å². The monoisotopic (exact) mass is 280 g/mol. The highest BCUT2D eigenvalue weighted by Crippen LogP contribution is 2.31. The zero-order valence-electron chi connectivity index (χ0n) is 10.1. The second-order valence-corrected chi connectivity index (χ2v) is 4.34. The highest BCUT2D eigenvalue weighted by Gasteiger charge is 2.44. The van der Waals surface area contributed by atoms with Crippen LogP contribution in [-0.4, -0.2) is 48.3 Å². The summed E-state index contributed by atoms with van der Waals surface area (Å²) < 4.78 is 0. The fourth-order valence-electron chi connectivity index (χ4n) is 1.77. The minimum absolute atomic E-state index is 0.0730. The zero-order chi connectivity index (χ0) is 15.1. The molecule has 0 fully saturated rings. The number of allylic oxidation sites excluding steroid dienone is 2. The van der Waals surface area contributed by atoms with Gasteiger partial charge in [0.1, 0.15) is 6.10 Å². The summed E-state index contributed by atoms with van der Waals surface area (Å²) in [6.07, 6.45) is -0.132.